The first kappa shape index (κ1) is 60.9. The van der Waals surface area contributed by atoms with E-state index in [4.69, 9.17) is 37.9 Å². The number of aliphatic carboxylic acids is 4. The fourth-order valence-corrected chi connectivity index (χ4v) is 8.86. The molecule has 0 fully saturated rings. The number of fused-ring (bicyclic) bond motifs is 2. The first-order chi connectivity index (χ1) is 38.2. The van der Waals surface area contributed by atoms with Crippen LogP contribution in [-0.4, -0.2) is 146 Å². The van der Waals surface area contributed by atoms with Crippen molar-refractivity contribution in [2.45, 2.75) is 91.3 Å². The molecule has 4 aromatic rings. The molecule has 0 saturated heterocycles. The van der Waals surface area contributed by atoms with Gasteiger partial charge in [0.05, 0.1) is 65.1 Å². The third-order valence-electron chi connectivity index (χ3n) is 11.6. The Kier molecular flexibility index (Phi) is 22.5. The van der Waals surface area contributed by atoms with E-state index in [1.54, 1.807) is 76.2 Å². The predicted molar refractivity (Wildman–Crippen MR) is 286 cm³/mol. The van der Waals surface area contributed by atoms with Crippen LogP contribution in [0.1, 0.15) is 97.9 Å². The number of benzene rings is 4. The van der Waals surface area contributed by atoms with Gasteiger partial charge in [-0.3, -0.25) is 38.4 Å². The Morgan fingerprint density at radius 3 is 0.800 bits per heavy atom. The van der Waals surface area contributed by atoms with E-state index < -0.39 is 85.4 Å². The van der Waals surface area contributed by atoms with Crippen LogP contribution in [0, 0.1) is 0 Å². The molecule has 0 atom stereocenters. The number of nitrogens with one attached hydrogen (secondary N) is 4. The summed E-state index contributed by atoms with van der Waals surface area (Å²) >= 11 is 0. The Hall–Kier alpha value is -8.32. The highest BCUT2D eigenvalue weighted by atomic mass is 16.6. The van der Waals surface area contributed by atoms with Gasteiger partial charge in [-0.2, -0.15) is 0 Å². The van der Waals surface area contributed by atoms with E-state index >= 15 is 0 Å². The summed E-state index contributed by atoms with van der Waals surface area (Å²) in [5.74, 6) is -7.89. The standard InChI is InChI=1S/C56H66N4O20/c1-31(2)79-55-37-15-33-19-41(57-45(61)27-49(65)66)21-35-17-39-25-44(60-48(64)30-52(71)72)26-40(56(39)80-32(3)4)18-36-22-42(58-46(62)28-50(67)68)20-34(16-38(55)24-43(23-37)59-47(63)29-51(69)70)54(36)78-14-12-76-10-8-74-6-5-73-7-9-75-11-13-77-53(33)35/h19-26,31-32H,5-18,27-30H2,1-4H3,(H,57,61)(H,58,62)(H,59,63)(H,60,64)(H,65,66)(H,67,68)(H,69,70)(H,71,72). The van der Waals surface area contributed by atoms with Gasteiger partial charge in [-0.1, -0.05) is 0 Å². The maximum atomic E-state index is 13.3. The van der Waals surface area contributed by atoms with Gasteiger partial charge >= 0.3 is 23.9 Å². The second-order valence-corrected chi connectivity index (χ2v) is 19.2. The van der Waals surface area contributed by atoms with Gasteiger partial charge in [-0.05, 0) is 76.2 Å². The van der Waals surface area contributed by atoms with Crippen molar-refractivity contribution >= 4 is 70.3 Å². The number of ether oxygens (including phenoxy) is 8. The van der Waals surface area contributed by atoms with Crippen LogP contribution in [0.2, 0.25) is 0 Å². The average molecular weight is 1120 g/mol. The van der Waals surface area contributed by atoms with Crippen LogP contribution in [0.15, 0.2) is 48.5 Å². The first-order valence-corrected chi connectivity index (χ1v) is 25.8. The number of carboxylic acid groups (broad SMARTS) is 4. The van der Waals surface area contributed by atoms with Crippen LogP contribution >= 0.6 is 0 Å². The molecule has 0 spiro atoms. The summed E-state index contributed by atoms with van der Waals surface area (Å²) in [6.07, 6.45) is -4.98. The van der Waals surface area contributed by atoms with Gasteiger partial charge in [-0.25, -0.2) is 0 Å². The van der Waals surface area contributed by atoms with E-state index in [0.717, 1.165) is 0 Å². The highest BCUT2D eigenvalue weighted by molar-refractivity contribution is 6.03. The number of carbonyl (C=O) groups is 8. The second kappa shape index (κ2) is 29.6. The molecule has 80 heavy (non-hydrogen) atoms. The quantitative estimate of drug-likeness (QED) is 0.0571. The topological polar surface area (TPSA) is 339 Å². The van der Waals surface area contributed by atoms with Crippen molar-refractivity contribution < 1.29 is 96.7 Å². The smallest absolute Gasteiger partial charge is 0.312 e. The Morgan fingerprint density at radius 1 is 0.375 bits per heavy atom. The average Bonchev–Trinajstić information content (AvgIpc) is 3.46. The van der Waals surface area contributed by atoms with Crippen LogP contribution in [0.25, 0.3) is 0 Å². The van der Waals surface area contributed by atoms with Gasteiger partial charge in [0.25, 0.3) is 0 Å². The summed E-state index contributed by atoms with van der Waals surface area (Å²) in [7, 11) is 0. The molecule has 4 amide bonds. The van der Waals surface area contributed by atoms with Crippen LogP contribution in [0.5, 0.6) is 23.0 Å². The highest BCUT2D eigenvalue weighted by Crippen LogP contribution is 2.43. The van der Waals surface area contributed by atoms with E-state index in [1.165, 1.54) is 0 Å². The van der Waals surface area contributed by atoms with Gasteiger partial charge in [0.2, 0.25) is 23.6 Å². The lowest BCUT2D eigenvalue weighted by atomic mass is 9.90. The third kappa shape index (κ3) is 19.2. The number of carbonyl (C=O) groups excluding carboxylic acids is 4. The molecule has 1 heterocycles. The molecule has 0 radical (unpaired) electrons. The Bertz CT molecular complexity index is 2650. The summed E-state index contributed by atoms with van der Waals surface area (Å²) < 4.78 is 49.9. The number of anilines is 4. The molecule has 24 nitrogen and oxygen atoms in total. The molecule has 6 rings (SSSR count). The molecule has 1 aliphatic carbocycles. The van der Waals surface area contributed by atoms with E-state index in [-0.39, 0.29) is 126 Å². The Morgan fingerprint density at radius 2 is 0.588 bits per heavy atom. The van der Waals surface area contributed by atoms with Crippen molar-refractivity contribution in [2.75, 3.05) is 87.3 Å². The van der Waals surface area contributed by atoms with Crippen LogP contribution in [-0.2, 0) is 83.0 Å². The van der Waals surface area contributed by atoms with Gasteiger partial charge in [-0.15, -0.1) is 0 Å². The summed E-state index contributed by atoms with van der Waals surface area (Å²) in [5.41, 5.74) is 3.71. The van der Waals surface area contributed by atoms with Gasteiger partial charge in [0, 0.05) is 92.9 Å². The Labute approximate surface area is 460 Å². The molecule has 0 aromatic heterocycles. The van der Waals surface area contributed by atoms with Crippen molar-refractivity contribution in [1.82, 2.24) is 0 Å². The molecule has 24 heteroatoms. The monoisotopic (exact) mass is 1110 g/mol. The van der Waals surface area contributed by atoms with Gasteiger partial charge in [0.15, 0.2) is 0 Å². The van der Waals surface area contributed by atoms with E-state index in [0.29, 0.717) is 56.0 Å². The summed E-state index contributed by atoms with van der Waals surface area (Å²) in [6.45, 7) is 8.60. The van der Waals surface area contributed by atoms with E-state index in [1.807, 2.05) is 0 Å². The third-order valence-corrected chi connectivity index (χ3v) is 11.6. The number of amides is 4. The lowest BCUT2D eigenvalue weighted by Gasteiger charge is -2.26. The molecular formula is C56H66N4O20. The number of hydrogen-bond acceptors (Lipinski definition) is 16. The maximum Gasteiger partial charge on any atom is 0.312 e. The molecule has 0 unspecified atom stereocenters. The van der Waals surface area contributed by atoms with Crippen LogP contribution in [0.4, 0.5) is 22.7 Å². The van der Waals surface area contributed by atoms with Gasteiger partial charge < -0.3 is 79.6 Å². The fraction of sp³-hybridized carbons (Fsp3) is 0.429. The molecule has 0 saturated carbocycles. The van der Waals surface area contributed by atoms with Crippen LogP contribution in [0.3, 0.4) is 0 Å². The molecule has 430 valence electrons. The molecule has 4 aromatic carbocycles. The van der Waals surface area contributed by atoms with Crippen LogP contribution < -0.4 is 40.2 Å². The SMILES string of the molecule is CC(C)Oc1c2cc(NC(=O)CC(=O)O)cc1Cc1cc(NC(=O)CC(=O)O)cc3c1OCCOCCOCCOCCOCCOc1c(cc(NC(=O)CC(=O)O)cc1Cc1cc(NC(=O)CC(=O)O)cc(c1OC(C)C)C3)C2. The van der Waals surface area contributed by atoms with Gasteiger partial charge in [0.1, 0.15) is 61.9 Å². The predicted octanol–water partition coefficient (Wildman–Crippen LogP) is 5.43. The van der Waals surface area contributed by atoms with Crippen molar-refractivity contribution in [3.8, 4) is 23.0 Å². The fourth-order valence-electron chi connectivity index (χ4n) is 8.86. The largest absolute Gasteiger partial charge is 0.491 e. The Balaban J connectivity index is 1.76. The summed E-state index contributed by atoms with van der Waals surface area (Å²) in [5, 5.41) is 49.2. The minimum atomic E-state index is -1.39. The normalized spacial score (nSPS) is 14.3. The number of carboxylic acids is 4. The van der Waals surface area contributed by atoms with Crippen molar-refractivity contribution in [2.24, 2.45) is 0 Å². The zero-order chi connectivity index (χ0) is 57.9. The molecule has 2 aliphatic rings. The zero-order valence-electron chi connectivity index (χ0n) is 44.8. The second-order valence-electron chi connectivity index (χ2n) is 19.2. The zero-order valence-corrected chi connectivity index (χ0v) is 44.8. The van der Waals surface area contributed by atoms with Crippen molar-refractivity contribution in [3.63, 3.8) is 0 Å². The minimum absolute atomic E-state index is 0.0473. The molecule has 8 N–H and O–H groups in total. The highest BCUT2D eigenvalue weighted by Gasteiger charge is 2.27. The number of rotatable bonds is 16. The summed E-state index contributed by atoms with van der Waals surface area (Å²) in [4.78, 5) is 100. The number of hydrogen-bond donors (Lipinski definition) is 8. The van der Waals surface area contributed by atoms with E-state index in [2.05, 4.69) is 21.3 Å². The van der Waals surface area contributed by atoms with E-state index in [9.17, 15) is 58.8 Å². The molecular weight excluding hydrogens is 1050 g/mol. The molecule has 10 bridgehead atoms. The maximum absolute atomic E-state index is 13.3. The summed E-state index contributed by atoms with van der Waals surface area (Å²) in [6, 6.07) is 12.7. The minimum Gasteiger partial charge on any atom is -0.491 e. The molecule has 1 aliphatic heterocycles. The van der Waals surface area contributed by atoms with Crippen molar-refractivity contribution in [3.05, 3.63) is 93.0 Å². The first-order valence-electron chi connectivity index (χ1n) is 25.8. The lowest BCUT2D eigenvalue weighted by Crippen LogP contribution is -2.19. The van der Waals surface area contributed by atoms with Crippen molar-refractivity contribution in [1.29, 1.82) is 0 Å². The lowest BCUT2D eigenvalue weighted by molar-refractivity contribution is -0.141.